The molecule has 10 nitrogen and oxygen atoms in total. The van der Waals surface area contributed by atoms with Gasteiger partial charge in [-0.05, 0) is 35.6 Å². The van der Waals surface area contributed by atoms with Crippen LogP contribution in [0.2, 0.25) is 10.3 Å². The number of aromatic amines is 1. The van der Waals surface area contributed by atoms with Crippen molar-refractivity contribution in [3.05, 3.63) is 93.2 Å². The molecule has 0 aliphatic carbocycles. The van der Waals surface area contributed by atoms with E-state index in [9.17, 15) is 4.79 Å². The maximum absolute atomic E-state index is 13.5. The molecule has 0 fully saturated rings. The fourth-order valence-electron chi connectivity index (χ4n) is 8.03. The molecule has 1 spiro atoms. The first-order chi connectivity index (χ1) is 23.3. The molecule has 12 heteroatoms. The van der Waals surface area contributed by atoms with E-state index in [1.165, 1.54) is 0 Å². The van der Waals surface area contributed by atoms with Crippen molar-refractivity contribution in [2.45, 2.75) is 50.4 Å². The number of carbonyl (C=O) groups excluding carboxylic acids is 1. The van der Waals surface area contributed by atoms with Crippen LogP contribution in [0.25, 0.3) is 44.9 Å². The number of hydrogen-bond donors (Lipinski definition) is 4. The minimum atomic E-state index is -1.03. The summed E-state index contributed by atoms with van der Waals surface area (Å²) >= 11 is 13.8. The number of amides is 1. The molecule has 1 amide bonds. The van der Waals surface area contributed by atoms with Gasteiger partial charge in [-0.1, -0.05) is 85.9 Å². The van der Waals surface area contributed by atoms with Crippen molar-refractivity contribution in [1.82, 2.24) is 20.3 Å². The van der Waals surface area contributed by atoms with Gasteiger partial charge in [0.2, 0.25) is 11.8 Å². The first kappa shape index (κ1) is 28.3. The Morgan fingerprint density at radius 3 is 2.73 bits per heavy atom. The highest BCUT2D eigenvalue weighted by atomic mass is 35.5. The summed E-state index contributed by atoms with van der Waals surface area (Å²) in [5.41, 5.74) is 12.7. The molecule has 4 aliphatic rings. The van der Waals surface area contributed by atoms with Gasteiger partial charge in [-0.3, -0.25) is 4.79 Å². The molecular formula is C36H28Cl2N6O4. The average Bonchev–Trinajstić information content (AvgIpc) is 3.88. The number of benzene rings is 3. The third kappa shape index (κ3) is 3.49. The van der Waals surface area contributed by atoms with Crippen molar-refractivity contribution in [2.24, 2.45) is 11.7 Å². The van der Waals surface area contributed by atoms with Gasteiger partial charge in [-0.25, -0.2) is 4.98 Å². The molecule has 5 atom stereocenters. The zero-order valence-electron chi connectivity index (χ0n) is 25.8. The SMILES string of the molecule is CC[C@H](C)[C@@H]1NC(=O)[C@@H](N)Cc2ccc3c(c2)[C@]24c5cccc(c5N[C@@H]2O3)-c2cccc3[nH]c(Cl)c(c23)-c2oc(nc2Cl)-c2nc1oc24. The number of ether oxygens (including phenoxy) is 1. The Kier molecular flexibility index (Phi) is 5.68. The summed E-state index contributed by atoms with van der Waals surface area (Å²) in [5.74, 6) is 1.60. The van der Waals surface area contributed by atoms with Crippen LogP contribution in [0.1, 0.15) is 54.7 Å². The second kappa shape index (κ2) is 9.65. The third-order valence-corrected chi connectivity index (χ3v) is 11.1. The molecule has 240 valence electrons. The zero-order valence-corrected chi connectivity index (χ0v) is 27.3. The molecule has 10 rings (SSSR count). The zero-order chi connectivity index (χ0) is 32.6. The van der Waals surface area contributed by atoms with Gasteiger partial charge < -0.3 is 34.9 Å². The predicted molar refractivity (Wildman–Crippen MR) is 181 cm³/mol. The summed E-state index contributed by atoms with van der Waals surface area (Å²) in [7, 11) is 0. The van der Waals surface area contributed by atoms with Gasteiger partial charge in [-0.15, -0.1) is 0 Å². The van der Waals surface area contributed by atoms with Crippen molar-refractivity contribution in [3.8, 4) is 39.8 Å². The Morgan fingerprint density at radius 2 is 1.88 bits per heavy atom. The lowest BCUT2D eigenvalue weighted by Gasteiger charge is -2.28. The summed E-state index contributed by atoms with van der Waals surface area (Å²) in [6.07, 6.45) is 0.464. The standard InChI is InChI=1S/C36H28Cl2N6O4/c1-3-14(2)25-33-42-27-29(48-33)36-18-8-4-7-17(16-6-5-9-21-23(16)24(30(37)40-21)28-31(38)44-34(27)47-28)26(18)43-35(36)46-22-11-10-15(12-19(22)36)13-20(39)32(45)41-25/h4-12,14,20,25,35,40,43H,3,13,39H2,1-2H3,(H,41,45)/t14-,20-,25-,35+,36-/m0/s1. The molecule has 3 aromatic carbocycles. The molecular weight excluding hydrogens is 651 g/mol. The lowest BCUT2D eigenvalue weighted by molar-refractivity contribution is -0.123. The van der Waals surface area contributed by atoms with E-state index in [0.29, 0.717) is 46.0 Å². The monoisotopic (exact) mass is 678 g/mol. The lowest BCUT2D eigenvalue weighted by Crippen LogP contribution is -2.45. The highest BCUT2D eigenvalue weighted by Crippen LogP contribution is 2.62. The average molecular weight is 680 g/mol. The van der Waals surface area contributed by atoms with Crippen LogP contribution in [0.4, 0.5) is 5.69 Å². The maximum atomic E-state index is 13.5. The van der Waals surface area contributed by atoms with Gasteiger partial charge >= 0.3 is 0 Å². The number of aromatic nitrogens is 3. The number of hydrogen-bond acceptors (Lipinski definition) is 8. The Labute approximate surface area is 284 Å². The Morgan fingerprint density at radius 1 is 1.04 bits per heavy atom. The number of anilines is 1. The smallest absolute Gasteiger partial charge is 0.250 e. The number of nitrogens with zero attached hydrogens (tertiary/aromatic N) is 2. The number of carbonyl (C=O) groups is 1. The van der Waals surface area contributed by atoms with Crippen molar-refractivity contribution in [1.29, 1.82) is 0 Å². The molecule has 0 saturated heterocycles. The number of rotatable bonds is 2. The highest BCUT2D eigenvalue weighted by Gasteiger charge is 2.61. The first-order valence-electron chi connectivity index (χ1n) is 16.0. The number of nitrogens with one attached hydrogen (secondary N) is 3. The fourth-order valence-corrected chi connectivity index (χ4v) is 8.53. The van der Waals surface area contributed by atoms with Gasteiger partial charge in [0.05, 0.1) is 11.6 Å². The van der Waals surface area contributed by atoms with Gasteiger partial charge in [0.1, 0.15) is 22.4 Å². The van der Waals surface area contributed by atoms with Crippen molar-refractivity contribution in [2.75, 3.05) is 5.32 Å². The normalized spacial score (nSPS) is 23.4. The molecule has 0 unspecified atom stereocenters. The third-order valence-electron chi connectivity index (χ3n) is 10.5. The van der Waals surface area contributed by atoms with E-state index in [1.807, 2.05) is 37.3 Å². The molecule has 48 heavy (non-hydrogen) atoms. The van der Waals surface area contributed by atoms with Crippen LogP contribution in [0.5, 0.6) is 5.75 Å². The number of para-hydroxylation sites is 1. The molecule has 0 saturated carbocycles. The Balaban J connectivity index is 1.40. The summed E-state index contributed by atoms with van der Waals surface area (Å²) in [5, 5.41) is 8.25. The van der Waals surface area contributed by atoms with Crippen LogP contribution in [-0.2, 0) is 16.6 Å². The van der Waals surface area contributed by atoms with Crippen LogP contribution >= 0.6 is 23.2 Å². The van der Waals surface area contributed by atoms with E-state index in [4.69, 9.17) is 52.5 Å². The van der Waals surface area contributed by atoms with Crippen LogP contribution < -0.4 is 21.1 Å². The second-order valence-corrected chi connectivity index (χ2v) is 13.8. The van der Waals surface area contributed by atoms with E-state index in [2.05, 4.69) is 46.8 Å². The van der Waals surface area contributed by atoms with Crippen LogP contribution in [0.3, 0.4) is 0 Å². The van der Waals surface area contributed by atoms with Crippen LogP contribution in [0.15, 0.2) is 63.4 Å². The quantitative estimate of drug-likeness (QED) is 0.149. The van der Waals surface area contributed by atoms with E-state index in [0.717, 1.165) is 50.8 Å². The number of halogens is 2. The summed E-state index contributed by atoms with van der Waals surface area (Å²) in [6, 6.07) is 16.8. The second-order valence-electron chi connectivity index (χ2n) is 13.1. The summed E-state index contributed by atoms with van der Waals surface area (Å²) in [6.45, 7) is 4.10. The van der Waals surface area contributed by atoms with Gasteiger partial charge in [0.15, 0.2) is 28.6 Å². The van der Waals surface area contributed by atoms with Crippen LogP contribution in [-0.4, -0.2) is 33.1 Å². The van der Waals surface area contributed by atoms with Crippen molar-refractivity contribution < 1.29 is 18.4 Å². The fraction of sp³-hybridized carbons (Fsp3) is 0.250. The topological polar surface area (TPSA) is 144 Å². The molecule has 3 aromatic heterocycles. The predicted octanol–water partition coefficient (Wildman–Crippen LogP) is 7.33. The first-order valence-corrected chi connectivity index (χ1v) is 16.8. The molecule has 5 N–H and O–H groups in total. The highest BCUT2D eigenvalue weighted by molar-refractivity contribution is 6.37. The summed E-state index contributed by atoms with van der Waals surface area (Å²) < 4.78 is 20.3. The number of oxazole rings is 2. The number of fused-ring (bicyclic) bond motifs is 7. The maximum Gasteiger partial charge on any atom is 0.250 e. The van der Waals surface area contributed by atoms with E-state index >= 15 is 0 Å². The number of H-pyrrole nitrogens is 1. The summed E-state index contributed by atoms with van der Waals surface area (Å²) in [4.78, 5) is 26.7. The molecule has 4 aliphatic heterocycles. The lowest BCUT2D eigenvalue weighted by atomic mass is 9.72. The molecule has 10 bridgehead atoms. The Bertz CT molecular complexity index is 2380. The van der Waals surface area contributed by atoms with Gasteiger partial charge in [0.25, 0.3) is 5.89 Å². The van der Waals surface area contributed by atoms with Gasteiger partial charge in [0, 0.05) is 33.3 Å². The largest absolute Gasteiger partial charge is 0.469 e. The molecule has 0 radical (unpaired) electrons. The molecule has 6 aromatic rings. The van der Waals surface area contributed by atoms with E-state index < -0.39 is 23.7 Å². The number of nitrogens with two attached hydrogens (primary N) is 1. The molecule has 7 heterocycles. The van der Waals surface area contributed by atoms with Crippen molar-refractivity contribution >= 4 is 45.7 Å². The Hall–Kier alpha value is -4.77. The van der Waals surface area contributed by atoms with Crippen LogP contribution in [0, 0.1) is 5.92 Å². The minimum Gasteiger partial charge on any atom is -0.469 e. The van der Waals surface area contributed by atoms with E-state index in [-0.39, 0.29) is 22.9 Å². The van der Waals surface area contributed by atoms with Crippen molar-refractivity contribution in [3.63, 3.8) is 0 Å². The minimum absolute atomic E-state index is 0.0437. The van der Waals surface area contributed by atoms with Gasteiger partial charge in [-0.2, -0.15) is 4.98 Å². The van der Waals surface area contributed by atoms with E-state index in [1.54, 1.807) is 0 Å².